The largest absolute Gasteiger partial charge is 0.438 e. The Morgan fingerprint density at radius 1 is 0.927 bits per heavy atom. The van der Waals surface area contributed by atoms with Crippen LogP contribution in [0.1, 0.15) is 93.4 Å². The highest BCUT2D eigenvalue weighted by molar-refractivity contribution is 8.26. The Labute approximate surface area is 253 Å². The first-order chi connectivity index (χ1) is 19.8. The Kier molecular flexibility index (Phi) is 11.2. The summed E-state index contributed by atoms with van der Waals surface area (Å²) in [5, 5.41) is 0. The topological polar surface area (TPSA) is 63.9 Å². The first-order valence-electron chi connectivity index (χ1n) is 14.8. The van der Waals surface area contributed by atoms with Crippen LogP contribution >= 0.6 is 24.0 Å². The molecule has 3 heterocycles. The number of aromatic nitrogens is 2. The molecule has 1 aliphatic heterocycles. The minimum absolute atomic E-state index is 0.165. The molecule has 0 saturated carbocycles. The van der Waals surface area contributed by atoms with Crippen LogP contribution in [-0.4, -0.2) is 31.1 Å². The van der Waals surface area contributed by atoms with Crippen molar-refractivity contribution < 1.29 is 9.53 Å². The fourth-order valence-corrected chi connectivity index (χ4v) is 6.38. The molecule has 3 aromatic rings. The van der Waals surface area contributed by atoms with E-state index in [2.05, 4.69) is 6.92 Å². The average Bonchev–Trinajstić information content (AvgIpc) is 3.21. The number of thioether (sulfide) groups is 1. The molecule has 2 aromatic heterocycles. The molecule has 1 aromatic carbocycles. The Bertz CT molecular complexity index is 1500. The Hall–Kier alpha value is -2.97. The van der Waals surface area contributed by atoms with Gasteiger partial charge in [-0.05, 0) is 56.5 Å². The van der Waals surface area contributed by atoms with E-state index >= 15 is 0 Å². The number of unbranched alkanes of at least 4 members (excludes halogenated alkanes) is 9. The molecule has 0 bridgehead atoms. The van der Waals surface area contributed by atoms with Crippen LogP contribution in [0.4, 0.5) is 0 Å². The quantitative estimate of drug-likeness (QED) is 0.106. The summed E-state index contributed by atoms with van der Waals surface area (Å²) in [6, 6.07) is 9.57. The van der Waals surface area contributed by atoms with Gasteiger partial charge >= 0.3 is 0 Å². The zero-order valence-corrected chi connectivity index (χ0v) is 26.3. The summed E-state index contributed by atoms with van der Waals surface area (Å²) in [5.41, 5.74) is 3.35. The number of benzene rings is 1. The summed E-state index contributed by atoms with van der Waals surface area (Å²) in [6.45, 7) is 8.72. The number of fused-ring (bicyclic) bond motifs is 1. The van der Waals surface area contributed by atoms with Crippen molar-refractivity contribution in [2.45, 2.75) is 91.9 Å². The summed E-state index contributed by atoms with van der Waals surface area (Å²) in [7, 11) is 0. The van der Waals surface area contributed by atoms with Gasteiger partial charge in [0.05, 0.1) is 4.91 Å². The zero-order valence-electron chi connectivity index (χ0n) is 24.7. The summed E-state index contributed by atoms with van der Waals surface area (Å²) in [6.07, 6.45) is 15.6. The number of pyridine rings is 1. The highest BCUT2D eigenvalue weighted by Crippen LogP contribution is 2.35. The molecule has 1 aliphatic rings. The van der Waals surface area contributed by atoms with E-state index in [0.717, 1.165) is 29.5 Å². The highest BCUT2D eigenvalue weighted by Gasteiger charge is 2.32. The number of hydrogen-bond donors (Lipinski definition) is 0. The summed E-state index contributed by atoms with van der Waals surface area (Å²) >= 11 is 6.80. The maximum Gasteiger partial charge on any atom is 0.269 e. The van der Waals surface area contributed by atoms with E-state index in [9.17, 15) is 9.59 Å². The van der Waals surface area contributed by atoms with E-state index in [1.165, 1.54) is 67.5 Å². The summed E-state index contributed by atoms with van der Waals surface area (Å²) in [4.78, 5) is 33.9. The van der Waals surface area contributed by atoms with Crippen molar-refractivity contribution in [3.05, 3.63) is 74.0 Å². The molecular weight excluding hydrogens is 551 g/mol. The Balaban J connectivity index is 1.49. The van der Waals surface area contributed by atoms with Crippen molar-refractivity contribution in [3.8, 4) is 11.6 Å². The second kappa shape index (κ2) is 14.8. The standard InChI is InChI=1S/C33H41N3O3S2/c1-5-6-7-8-9-10-11-12-13-14-19-36-32(38)28(41-33(36)40)22-26-30(39-27-18-17-23(2)21-25(27)4)34-29-24(3)16-15-20-35(29)31(26)37/h15-18,20-22H,5-14,19H2,1-4H3/b28-22+. The first kappa shape index (κ1) is 31.0. The van der Waals surface area contributed by atoms with Crippen LogP contribution < -0.4 is 10.3 Å². The van der Waals surface area contributed by atoms with Gasteiger partial charge in [-0.1, -0.05) is 112 Å². The molecule has 0 radical (unpaired) electrons. The maximum atomic E-state index is 13.7. The molecule has 218 valence electrons. The molecule has 6 nitrogen and oxygen atoms in total. The van der Waals surface area contributed by atoms with Crippen molar-refractivity contribution in [3.63, 3.8) is 0 Å². The predicted octanol–water partition coefficient (Wildman–Crippen LogP) is 8.53. The van der Waals surface area contributed by atoms with Crippen LogP contribution in [-0.2, 0) is 4.79 Å². The molecule has 0 unspecified atom stereocenters. The van der Waals surface area contributed by atoms with Crippen molar-refractivity contribution >= 4 is 45.9 Å². The van der Waals surface area contributed by atoms with Crippen LogP contribution in [0, 0.1) is 20.8 Å². The van der Waals surface area contributed by atoms with Crippen LogP contribution in [0.25, 0.3) is 11.7 Å². The second-order valence-electron chi connectivity index (χ2n) is 10.9. The fraction of sp³-hybridized carbons (Fsp3) is 0.455. The lowest BCUT2D eigenvalue weighted by atomic mass is 10.1. The molecule has 1 fully saturated rings. The van der Waals surface area contributed by atoms with Gasteiger partial charge in [0.15, 0.2) is 0 Å². The minimum Gasteiger partial charge on any atom is -0.438 e. The number of rotatable bonds is 14. The third-order valence-corrected chi connectivity index (χ3v) is 8.85. The van der Waals surface area contributed by atoms with E-state index in [-0.39, 0.29) is 22.9 Å². The number of carbonyl (C=O) groups excluding carboxylic acids is 1. The second-order valence-corrected chi connectivity index (χ2v) is 12.6. The predicted molar refractivity (Wildman–Crippen MR) is 174 cm³/mol. The monoisotopic (exact) mass is 591 g/mol. The van der Waals surface area contributed by atoms with E-state index in [4.69, 9.17) is 21.9 Å². The third-order valence-electron chi connectivity index (χ3n) is 7.47. The number of thiocarbonyl (C=S) groups is 1. The minimum atomic E-state index is -0.293. The third kappa shape index (κ3) is 7.86. The van der Waals surface area contributed by atoms with Gasteiger partial charge in [-0.3, -0.25) is 18.9 Å². The summed E-state index contributed by atoms with van der Waals surface area (Å²) < 4.78 is 8.27. The molecule has 0 atom stereocenters. The lowest BCUT2D eigenvalue weighted by Gasteiger charge is -2.14. The lowest BCUT2D eigenvalue weighted by molar-refractivity contribution is -0.122. The SMILES string of the molecule is CCCCCCCCCCCCN1C(=O)/C(=C\c2c(Oc3ccc(C)cc3C)nc3c(C)cccn3c2=O)SC1=S. The number of nitrogens with zero attached hydrogens (tertiary/aromatic N) is 3. The Morgan fingerprint density at radius 2 is 1.61 bits per heavy atom. The maximum absolute atomic E-state index is 13.7. The summed E-state index contributed by atoms with van der Waals surface area (Å²) in [5.74, 6) is 0.627. The van der Waals surface area contributed by atoms with Crippen molar-refractivity contribution in [1.29, 1.82) is 0 Å². The number of aryl methyl sites for hydroxylation is 3. The molecule has 41 heavy (non-hydrogen) atoms. The average molecular weight is 592 g/mol. The fourth-order valence-electron chi connectivity index (χ4n) is 5.09. The van der Waals surface area contributed by atoms with Crippen LogP contribution in [0.15, 0.2) is 46.2 Å². The lowest BCUT2D eigenvalue weighted by Crippen LogP contribution is -2.29. The molecule has 1 saturated heterocycles. The molecule has 0 spiro atoms. The normalized spacial score (nSPS) is 14.5. The van der Waals surface area contributed by atoms with Crippen molar-refractivity contribution in [1.82, 2.24) is 14.3 Å². The highest BCUT2D eigenvalue weighted by atomic mass is 32.2. The van der Waals surface area contributed by atoms with Gasteiger partial charge in [0.2, 0.25) is 5.88 Å². The molecule has 4 rings (SSSR count). The molecule has 0 N–H and O–H groups in total. The smallest absolute Gasteiger partial charge is 0.269 e. The van der Waals surface area contributed by atoms with E-state index in [1.54, 1.807) is 17.2 Å². The van der Waals surface area contributed by atoms with E-state index < -0.39 is 0 Å². The van der Waals surface area contributed by atoms with Gasteiger partial charge in [-0.15, -0.1) is 0 Å². The van der Waals surface area contributed by atoms with Crippen LogP contribution in [0.3, 0.4) is 0 Å². The van der Waals surface area contributed by atoms with Gasteiger partial charge in [-0.2, -0.15) is 4.98 Å². The molecule has 1 amide bonds. The molecule has 8 heteroatoms. The van der Waals surface area contributed by atoms with Gasteiger partial charge < -0.3 is 4.74 Å². The zero-order chi connectivity index (χ0) is 29.4. The van der Waals surface area contributed by atoms with E-state index in [0.29, 0.717) is 27.2 Å². The van der Waals surface area contributed by atoms with Gasteiger partial charge in [0, 0.05) is 12.7 Å². The number of amides is 1. The van der Waals surface area contributed by atoms with Crippen LogP contribution in [0.5, 0.6) is 11.6 Å². The molecule has 0 aliphatic carbocycles. The number of hydrogen-bond acceptors (Lipinski definition) is 6. The van der Waals surface area contributed by atoms with Crippen LogP contribution in [0.2, 0.25) is 0 Å². The van der Waals surface area contributed by atoms with Crippen molar-refractivity contribution in [2.24, 2.45) is 0 Å². The van der Waals surface area contributed by atoms with Gasteiger partial charge in [0.1, 0.15) is 21.3 Å². The van der Waals surface area contributed by atoms with E-state index in [1.807, 2.05) is 51.1 Å². The van der Waals surface area contributed by atoms with Gasteiger partial charge in [0.25, 0.3) is 11.5 Å². The van der Waals surface area contributed by atoms with Crippen molar-refractivity contribution in [2.75, 3.05) is 6.54 Å². The van der Waals surface area contributed by atoms with Gasteiger partial charge in [-0.25, -0.2) is 0 Å². The number of carbonyl (C=O) groups is 1. The molecular formula is C33H41N3O3S2. The first-order valence-corrected chi connectivity index (χ1v) is 16.0. The number of ether oxygens (including phenoxy) is 1. The Morgan fingerprint density at radius 3 is 2.29 bits per heavy atom.